The highest BCUT2D eigenvalue weighted by molar-refractivity contribution is 4.89. The van der Waals surface area contributed by atoms with Crippen LogP contribution >= 0.6 is 0 Å². The molecule has 28 heavy (non-hydrogen) atoms. The van der Waals surface area contributed by atoms with Gasteiger partial charge in [-0.15, -0.1) is 0 Å². The summed E-state index contributed by atoms with van der Waals surface area (Å²) in [5.74, 6) is 2.15. The minimum atomic E-state index is 0.710. The summed E-state index contributed by atoms with van der Waals surface area (Å²) in [7, 11) is 0. The third-order valence-electron chi connectivity index (χ3n) is 6.42. The number of hydrogen-bond donors (Lipinski definition) is 1. The lowest BCUT2D eigenvalue weighted by Gasteiger charge is -2.11. The first-order chi connectivity index (χ1) is 13.8. The van der Waals surface area contributed by atoms with Gasteiger partial charge in [0.05, 0.1) is 12.5 Å². The van der Waals surface area contributed by atoms with Gasteiger partial charge in [0.2, 0.25) is 0 Å². The summed E-state index contributed by atoms with van der Waals surface area (Å²) in [4.78, 5) is 3.48. The number of nitrogens with one attached hydrogen (secondary N) is 1. The average molecular weight is 392 g/mol. The van der Waals surface area contributed by atoms with Gasteiger partial charge in [-0.1, -0.05) is 117 Å². The molecule has 1 N–H and O–H groups in total. The van der Waals surface area contributed by atoms with Crippen molar-refractivity contribution in [3.63, 3.8) is 0 Å². The summed E-state index contributed by atoms with van der Waals surface area (Å²) >= 11 is 0. The Labute approximate surface area is 176 Å². The second-order valence-corrected chi connectivity index (χ2v) is 8.83. The van der Waals surface area contributed by atoms with Gasteiger partial charge in [0, 0.05) is 0 Å². The number of H-pyrrole nitrogens is 1. The maximum Gasteiger partial charge on any atom is 0.257 e. The number of hydrogen-bond acceptors (Lipinski definition) is 0. The molecule has 1 rings (SSSR count). The fraction of sp³-hybridized carbons (Fsp3) is 0.885. The van der Waals surface area contributed by atoms with Crippen LogP contribution in [0.1, 0.15) is 148 Å². The number of imidazole rings is 1. The molecule has 0 aromatic carbocycles. The topological polar surface area (TPSA) is 19.7 Å². The fourth-order valence-corrected chi connectivity index (χ4v) is 4.48. The molecule has 0 aliphatic heterocycles. The standard InChI is InChI=1S/C26H50N2/c1-4-7-8-9-10-11-12-13-14-15-16-17-18-19-20-21-22-25(5-2)26-27-23-24-28(26)6-3/h23-25H,4-22H2,1-3H3/p+1/t25-/m0/s1. The van der Waals surface area contributed by atoms with Gasteiger partial charge in [-0.3, -0.25) is 0 Å². The van der Waals surface area contributed by atoms with Crippen molar-refractivity contribution in [2.75, 3.05) is 0 Å². The summed E-state index contributed by atoms with van der Waals surface area (Å²) < 4.78 is 2.38. The Balaban J connectivity index is 1.86. The normalized spacial score (nSPS) is 12.5. The zero-order valence-corrected chi connectivity index (χ0v) is 19.6. The third-order valence-corrected chi connectivity index (χ3v) is 6.42. The van der Waals surface area contributed by atoms with E-state index in [4.69, 9.17) is 0 Å². The van der Waals surface area contributed by atoms with Crippen molar-refractivity contribution in [2.24, 2.45) is 0 Å². The molecule has 0 aliphatic rings. The Hall–Kier alpha value is -0.790. The lowest BCUT2D eigenvalue weighted by molar-refractivity contribution is -0.701. The molecule has 1 atom stereocenters. The summed E-state index contributed by atoms with van der Waals surface area (Å²) in [5.41, 5.74) is 0. The molecular formula is C26H51N2+. The lowest BCUT2D eigenvalue weighted by atomic mass is 9.96. The molecule has 0 radical (unpaired) electrons. The van der Waals surface area contributed by atoms with E-state index in [9.17, 15) is 0 Å². The van der Waals surface area contributed by atoms with E-state index < -0.39 is 0 Å². The van der Waals surface area contributed by atoms with Crippen LogP contribution in [0.25, 0.3) is 0 Å². The molecule has 0 unspecified atom stereocenters. The number of unbranched alkanes of at least 4 members (excludes halogenated alkanes) is 15. The minimum absolute atomic E-state index is 0.710. The van der Waals surface area contributed by atoms with Crippen LogP contribution < -0.4 is 4.57 Å². The molecular weight excluding hydrogens is 340 g/mol. The Morgan fingerprint density at radius 1 is 0.679 bits per heavy atom. The molecule has 2 nitrogen and oxygen atoms in total. The van der Waals surface area contributed by atoms with Crippen LogP contribution in [0.3, 0.4) is 0 Å². The molecule has 2 heteroatoms. The van der Waals surface area contributed by atoms with Gasteiger partial charge in [-0.25, -0.2) is 9.55 Å². The van der Waals surface area contributed by atoms with Crippen LogP contribution in [-0.4, -0.2) is 4.98 Å². The zero-order valence-electron chi connectivity index (χ0n) is 19.6. The summed E-state index contributed by atoms with van der Waals surface area (Å²) in [5, 5.41) is 0. The maximum atomic E-state index is 3.48. The van der Waals surface area contributed by atoms with E-state index in [0.29, 0.717) is 5.92 Å². The highest BCUT2D eigenvalue weighted by Gasteiger charge is 2.19. The quantitative estimate of drug-likeness (QED) is 0.170. The smallest absolute Gasteiger partial charge is 0.247 e. The monoisotopic (exact) mass is 391 g/mol. The first kappa shape index (κ1) is 25.2. The molecule has 1 aromatic heterocycles. The molecule has 0 bridgehead atoms. The van der Waals surface area contributed by atoms with Crippen molar-refractivity contribution < 1.29 is 4.57 Å². The molecule has 0 aliphatic carbocycles. The molecule has 0 fully saturated rings. The molecule has 1 heterocycles. The van der Waals surface area contributed by atoms with E-state index in [-0.39, 0.29) is 0 Å². The molecule has 0 spiro atoms. The number of rotatable bonds is 20. The van der Waals surface area contributed by atoms with E-state index in [1.165, 1.54) is 121 Å². The minimum Gasteiger partial charge on any atom is -0.247 e. The number of aromatic amines is 1. The van der Waals surface area contributed by atoms with E-state index >= 15 is 0 Å². The van der Waals surface area contributed by atoms with Crippen molar-refractivity contribution in [3.8, 4) is 0 Å². The van der Waals surface area contributed by atoms with Crippen molar-refractivity contribution >= 4 is 0 Å². The number of nitrogens with zero attached hydrogens (tertiary/aromatic N) is 1. The van der Waals surface area contributed by atoms with Crippen LogP contribution in [0.4, 0.5) is 0 Å². The van der Waals surface area contributed by atoms with Crippen molar-refractivity contribution in [1.29, 1.82) is 0 Å². The Bertz CT molecular complexity index is 437. The first-order valence-corrected chi connectivity index (χ1v) is 12.9. The van der Waals surface area contributed by atoms with Crippen LogP contribution in [0.5, 0.6) is 0 Å². The van der Waals surface area contributed by atoms with Crippen LogP contribution in [0, 0.1) is 0 Å². The van der Waals surface area contributed by atoms with E-state index in [0.717, 1.165) is 6.54 Å². The van der Waals surface area contributed by atoms with Gasteiger partial charge in [0.15, 0.2) is 0 Å². The van der Waals surface area contributed by atoms with Crippen LogP contribution in [0.2, 0.25) is 0 Å². The first-order valence-electron chi connectivity index (χ1n) is 12.9. The summed E-state index contributed by atoms with van der Waals surface area (Å²) in [6.45, 7) is 7.94. The number of aryl methyl sites for hydroxylation is 1. The van der Waals surface area contributed by atoms with E-state index in [1.54, 1.807) is 0 Å². The highest BCUT2D eigenvalue weighted by atomic mass is 15.1. The SMILES string of the molecule is CCCCCCCCCCCCCCCCCC[C@H](CC)c1[nH]cc[n+]1CC. The predicted molar refractivity (Wildman–Crippen MR) is 124 cm³/mol. The highest BCUT2D eigenvalue weighted by Crippen LogP contribution is 2.22. The molecule has 0 amide bonds. The van der Waals surface area contributed by atoms with Gasteiger partial charge in [-0.05, 0) is 19.8 Å². The molecule has 164 valence electrons. The van der Waals surface area contributed by atoms with E-state index in [2.05, 4.69) is 42.7 Å². The predicted octanol–water partition coefficient (Wildman–Crippen LogP) is 8.47. The van der Waals surface area contributed by atoms with Gasteiger partial charge < -0.3 is 0 Å². The third kappa shape index (κ3) is 11.9. The van der Waals surface area contributed by atoms with Crippen molar-refractivity contribution in [1.82, 2.24) is 4.98 Å². The second kappa shape index (κ2) is 18.3. The van der Waals surface area contributed by atoms with Crippen molar-refractivity contribution in [3.05, 3.63) is 18.2 Å². The van der Waals surface area contributed by atoms with Gasteiger partial charge in [0.1, 0.15) is 12.4 Å². The number of aromatic nitrogens is 2. The van der Waals surface area contributed by atoms with Crippen LogP contribution in [0.15, 0.2) is 12.4 Å². The second-order valence-electron chi connectivity index (χ2n) is 8.83. The summed E-state index contributed by atoms with van der Waals surface area (Å²) in [6.07, 6.45) is 30.1. The van der Waals surface area contributed by atoms with Crippen molar-refractivity contribution in [2.45, 2.75) is 149 Å². The van der Waals surface area contributed by atoms with Gasteiger partial charge >= 0.3 is 0 Å². The Morgan fingerprint density at radius 2 is 1.14 bits per heavy atom. The lowest BCUT2D eigenvalue weighted by Crippen LogP contribution is -2.36. The molecule has 0 saturated heterocycles. The van der Waals surface area contributed by atoms with Crippen LogP contribution in [-0.2, 0) is 6.54 Å². The largest absolute Gasteiger partial charge is 0.257 e. The Morgan fingerprint density at radius 3 is 1.57 bits per heavy atom. The molecule has 0 saturated carbocycles. The van der Waals surface area contributed by atoms with Gasteiger partial charge in [0.25, 0.3) is 5.82 Å². The van der Waals surface area contributed by atoms with Gasteiger partial charge in [-0.2, -0.15) is 0 Å². The summed E-state index contributed by atoms with van der Waals surface area (Å²) in [6, 6.07) is 0. The zero-order chi connectivity index (χ0) is 20.3. The Kier molecular flexibility index (Phi) is 16.5. The fourth-order valence-electron chi connectivity index (χ4n) is 4.48. The van der Waals surface area contributed by atoms with E-state index in [1.807, 2.05) is 0 Å². The molecule has 1 aromatic rings. The average Bonchev–Trinajstić information content (AvgIpc) is 3.19. The maximum absolute atomic E-state index is 3.48.